The molecule has 0 aliphatic rings. The summed E-state index contributed by atoms with van der Waals surface area (Å²) in [7, 11) is 0. The molecule has 3 nitrogen and oxygen atoms in total. The van der Waals surface area contributed by atoms with Gasteiger partial charge in [-0.15, -0.1) is 0 Å². The fourth-order valence-corrected chi connectivity index (χ4v) is 2.43. The Morgan fingerprint density at radius 2 is 2.00 bits per heavy atom. The van der Waals surface area contributed by atoms with Crippen molar-refractivity contribution >= 4 is 21.9 Å². The van der Waals surface area contributed by atoms with Gasteiger partial charge in [0.15, 0.2) is 0 Å². The summed E-state index contributed by atoms with van der Waals surface area (Å²) in [4.78, 5) is 11.2. The van der Waals surface area contributed by atoms with E-state index in [1.54, 1.807) is 22.8 Å². The number of aromatic carboxylic acids is 1. The molecule has 0 aliphatic carbocycles. The Bertz CT molecular complexity index is 634. The van der Waals surface area contributed by atoms with Gasteiger partial charge in [0.1, 0.15) is 11.5 Å². The third-order valence-corrected chi connectivity index (χ3v) is 3.35. The predicted octanol–water partition coefficient (Wildman–Crippen LogP) is 4.34. The molecule has 0 fully saturated rings. The number of halogens is 2. The average Bonchev–Trinajstić information content (AvgIpc) is 2.73. The van der Waals surface area contributed by atoms with Crippen LogP contribution < -0.4 is 0 Å². The third-order valence-electron chi connectivity index (χ3n) is 2.86. The molecule has 0 atom stereocenters. The molecular formula is C14H13BrFNO2. The number of rotatable bonds is 3. The second-order valence-corrected chi connectivity index (χ2v) is 5.41. The average molecular weight is 326 g/mol. The van der Waals surface area contributed by atoms with Gasteiger partial charge in [-0.3, -0.25) is 0 Å². The Balaban J connectivity index is 2.65. The Kier molecular flexibility index (Phi) is 3.75. The molecule has 0 radical (unpaired) electrons. The van der Waals surface area contributed by atoms with Crippen molar-refractivity contribution in [3.8, 4) is 11.3 Å². The van der Waals surface area contributed by atoms with E-state index < -0.39 is 5.97 Å². The molecule has 2 rings (SSSR count). The van der Waals surface area contributed by atoms with E-state index >= 15 is 0 Å². The van der Waals surface area contributed by atoms with Gasteiger partial charge in [-0.2, -0.15) is 0 Å². The molecule has 1 heterocycles. The standard InChI is InChI=1S/C14H13BrFNO2/c1-8(2)17-12(5-6-13(17)14(18)19)10-4-3-9(15)7-11(10)16/h3-8H,1-2H3,(H,18,19). The molecule has 0 aliphatic heterocycles. The Morgan fingerprint density at radius 3 is 2.53 bits per heavy atom. The zero-order valence-electron chi connectivity index (χ0n) is 10.5. The molecule has 2 aromatic rings. The van der Waals surface area contributed by atoms with Gasteiger partial charge in [-0.25, -0.2) is 9.18 Å². The predicted molar refractivity (Wildman–Crippen MR) is 74.9 cm³/mol. The third kappa shape index (κ3) is 2.56. The number of hydrogen-bond donors (Lipinski definition) is 1. The second kappa shape index (κ2) is 5.17. The Labute approximate surface area is 118 Å². The number of carboxylic acids is 1. The highest BCUT2D eigenvalue weighted by atomic mass is 79.9. The fraction of sp³-hybridized carbons (Fsp3) is 0.214. The molecule has 0 saturated heterocycles. The lowest BCUT2D eigenvalue weighted by molar-refractivity contribution is 0.0683. The van der Waals surface area contributed by atoms with Crippen LogP contribution in [0.2, 0.25) is 0 Å². The first-order valence-electron chi connectivity index (χ1n) is 5.81. The first-order valence-corrected chi connectivity index (χ1v) is 6.61. The number of carbonyl (C=O) groups is 1. The lowest BCUT2D eigenvalue weighted by atomic mass is 10.1. The van der Waals surface area contributed by atoms with Gasteiger partial charge in [0, 0.05) is 16.1 Å². The number of benzene rings is 1. The zero-order valence-corrected chi connectivity index (χ0v) is 12.1. The van der Waals surface area contributed by atoms with Crippen LogP contribution in [0.1, 0.15) is 30.4 Å². The van der Waals surface area contributed by atoms with E-state index in [0.717, 1.165) is 0 Å². The number of nitrogens with zero attached hydrogens (tertiary/aromatic N) is 1. The van der Waals surface area contributed by atoms with Crippen LogP contribution in [-0.2, 0) is 0 Å². The van der Waals surface area contributed by atoms with Crippen molar-refractivity contribution in [2.24, 2.45) is 0 Å². The molecule has 0 saturated carbocycles. The summed E-state index contributed by atoms with van der Waals surface area (Å²) in [6.45, 7) is 3.74. The molecule has 5 heteroatoms. The topological polar surface area (TPSA) is 42.2 Å². The highest BCUT2D eigenvalue weighted by Gasteiger charge is 2.19. The molecule has 100 valence electrons. The largest absolute Gasteiger partial charge is 0.477 e. The lowest BCUT2D eigenvalue weighted by Gasteiger charge is -2.16. The maximum atomic E-state index is 14.0. The summed E-state index contributed by atoms with van der Waals surface area (Å²) in [6, 6.07) is 7.80. The molecular weight excluding hydrogens is 313 g/mol. The monoisotopic (exact) mass is 325 g/mol. The number of aromatic nitrogens is 1. The molecule has 1 aromatic carbocycles. The maximum Gasteiger partial charge on any atom is 0.352 e. The molecule has 0 unspecified atom stereocenters. The van der Waals surface area contributed by atoms with Crippen LogP contribution in [0.5, 0.6) is 0 Å². The maximum absolute atomic E-state index is 14.0. The van der Waals surface area contributed by atoms with Crippen molar-refractivity contribution in [2.75, 3.05) is 0 Å². The quantitative estimate of drug-likeness (QED) is 0.912. The Hall–Kier alpha value is -1.62. The van der Waals surface area contributed by atoms with Crippen LogP contribution in [0.4, 0.5) is 4.39 Å². The second-order valence-electron chi connectivity index (χ2n) is 4.50. The first-order chi connectivity index (χ1) is 8.91. The molecule has 1 aromatic heterocycles. The lowest BCUT2D eigenvalue weighted by Crippen LogP contribution is -2.12. The van der Waals surface area contributed by atoms with Crippen LogP contribution in [-0.4, -0.2) is 15.6 Å². The summed E-state index contributed by atoms with van der Waals surface area (Å²) >= 11 is 3.20. The van der Waals surface area contributed by atoms with Crippen molar-refractivity contribution in [1.29, 1.82) is 0 Å². The van der Waals surface area contributed by atoms with E-state index in [9.17, 15) is 9.18 Å². The molecule has 0 amide bonds. The van der Waals surface area contributed by atoms with Gasteiger partial charge >= 0.3 is 5.97 Å². The van der Waals surface area contributed by atoms with Crippen molar-refractivity contribution in [3.05, 3.63) is 46.3 Å². The van der Waals surface area contributed by atoms with Crippen LogP contribution in [0.15, 0.2) is 34.8 Å². The van der Waals surface area contributed by atoms with Crippen LogP contribution in [0.3, 0.4) is 0 Å². The summed E-state index contributed by atoms with van der Waals surface area (Å²) in [5, 5.41) is 9.17. The molecule has 1 N–H and O–H groups in total. The number of hydrogen-bond acceptors (Lipinski definition) is 1. The highest BCUT2D eigenvalue weighted by molar-refractivity contribution is 9.10. The Morgan fingerprint density at radius 1 is 1.32 bits per heavy atom. The van der Waals surface area contributed by atoms with Gasteiger partial charge in [-0.1, -0.05) is 15.9 Å². The summed E-state index contributed by atoms with van der Waals surface area (Å²) in [6.07, 6.45) is 0. The molecule has 0 spiro atoms. The van der Waals surface area contributed by atoms with Crippen LogP contribution in [0.25, 0.3) is 11.3 Å². The van der Waals surface area contributed by atoms with Gasteiger partial charge in [0.2, 0.25) is 0 Å². The van der Waals surface area contributed by atoms with E-state index in [0.29, 0.717) is 15.7 Å². The van der Waals surface area contributed by atoms with Crippen molar-refractivity contribution in [2.45, 2.75) is 19.9 Å². The van der Waals surface area contributed by atoms with E-state index in [1.165, 1.54) is 12.1 Å². The zero-order chi connectivity index (χ0) is 14.2. The van der Waals surface area contributed by atoms with Gasteiger partial charge in [0.05, 0.1) is 5.69 Å². The van der Waals surface area contributed by atoms with E-state index in [-0.39, 0.29) is 17.6 Å². The first kappa shape index (κ1) is 13.8. The van der Waals surface area contributed by atoms with Crippen molar-refractivity contribution in [3.63, 3.8) is 0 Å². The van der Waals surface area contributed by atoms with E-state index in [4.69, 9.17) is 5.11 Å². The van der Waals surface area contributed by atoms with Crippen LogP contribution >= 0.6 is 15.9 Å². The van der Waals surface area contributed by atoms with Crippen molar-refractivity contribution in [1.82, 2.24) is 4.57 Å². The summed E-state index contributed by atoms with van der Waals surface area (Å²) < 4.78 is 16.3. The minimum Gasteiger partial charge on any atom is -0.477 e. The van der Waals surface area contributed by atoms with Crippen molar-refractivity contribution < 1.29 is 14.3 Å². The fourth-order valence-electron chi connectivity index (χ4n) is 2.10. The SMILES string of the molecule is CC(C)n1c(C(=O)O)ccc1-c1ccc(Br)cc1F. The molecule has 19 heavy (non-hydrogen) atoms. The minimum absolute atomic E-state index is 0.0702. The van der Waals surface area contributed by atoms with E-state index in [1.807, 2.05) is 13.8 Å². The summed E-state index contributed by atoms with van der Waals surface area (Å²) in [5.74, 6) is -1.40. The van der Waals surface area contributed by atoms with Crippen LogP contribution in [0, 0.1) is 5.82 Å². The van der Waals surface area contributed by atoms with E-state index in [2.05, 4.69) is 15.9 Å². The van der Waals surface area contributed by atoms with Gasteiger partial charge < -0.3 is 9.67 Å². The smallest absolute Gasteiger partial charge is 0.352 e. The highest BCUT2D eigenvalue weighted by Crippen LogP contribution is 2.30. The molecule has 0 bridgehead atoms. The number of carboxylic acid groups (broad SMARTS) is 1. The minimum atomic E-state index is -1.02. The van der Waals surface area contributed by atoms with Gasteiger partial charge in [0.25, 0.3) is 0 Å². The summed E-state index contributed by atoms with van der Waals surface area (Å²) in [5.41, 5.74) is 1.12. The normalized spacial score (nSPS) is 11.0. The van der Waals surface area contributed by atoms with Gasteiger partial charge in [-0.05, 0) is 44.2 Å².